The van der Waals surface area contributed by atoms with Gasteiger partial charge in [0.2, 0.25) is 5.91 Å². The van der Waals surface area contributed by atoms with Crippen molar-refractivity contribution in [2.75, 3.05) is 13.2 Å². The number of aliphatic hydroxyl groups is 1. The van der Waals surface area contributed by atoms with Crippen LogP contribution < -0.4 is 0 Å². The van der Waals surface area contributed by atoms with E-state index in [2.05, 4.69) is 6.92 Å². The lowest BCUT2D eigenvalue weighted by atomic mass is 10.1. The third-order valence-electron chi connectivity index (χ3n) is 2.24. The van der Waals surface area contributed by atoms with Crippen molar-refractivity contribution in [2.45, 2.75) is 26.3 Å². The second-order valence-electron chi connectivity index (χ2n) is 3.35. The van der Waals surface area contributed by atoms with Crippen LogP contribution in [0.2, 0.25) is 0 Å². The maximum absolute atomic E-state index is 11.0. The Hall–Kier alpha value is -0.570. The predicted molar refractivity (Wildman–Crippen MR) is 42.0 cm³/mol. The Bertz CT molecular complexity index is 158. The van der Waals surface area contributed by atoms with Crippen LogP contribution in [0, 0.1) is 5.92 Å². The zero-order valence-corrected chi connectivity index (χ0v) is 7.08. The van der Waals surface area contributed by atoms with Gasteiger partial charge in [-0.3, -0.25) is 4.79 Å². The summed E-state index contributed by atoms with van der Waals surface area (Å²) < 4.78 is 0. The lowest BCUT2D eigenvalue weighted by Crippen LogP contribution is -2.35. The fraction of sp³-hybridized carbons (Fsp3) is 0.875. The molecule has 2 atom stereocenters. The number of aliphatic hydroxyl groups excluding tert-OH is 1. The maximum Gasteiger partial charge on any atom is 0.219 e. The van der Waals surface area contributed by atoms with Crippen LogP contribution in [0.3, 0.4) is 0 Å². The normalized spacial score (nSPS) is 31.0. The molecule has 11 heavy (non-hydrogen) atoms. The van der Waals surface area contributed by atoms with Crippen LogP contribution in [0.1, 0.15) is 20.3 Å². The number of amides is 1. The zero-order chi connectivity index (χ0) is 8.43. The highest BCUT2D eigenvalue weighted by atomic mass is 16.3. The fourth-order valence-electron chi connectivity index (χ4n) is 1.71. The summed E-state index contributed by atoms with van der Waals surface area (Å²) in [5.41, 5.74) is 0. The molecule has 0 aromatic rings. The summed E-state index contributed by atoms with van der Waals surface area (Å²) in [4.78, 5) is 12.7. The van der Waals surface area contributed by atoms with Gasteiger partial charge in [0.1, 0.15) is 0 Å². The number of carbonyl (C=O) groups excluding carboxylic acids is 1. The molecule has 1 heterocycles. The molecule has 3 heteroatoms. The molecule has 1 aliphatic heterocycles. The zero-order valence-electron chi connectivity index (χ0n) is 7.08. The molecule has 0 aliphatic carbocycles. The summed E-state index contributed by atoms with van der Waals surface area (Å²) in [7, 11) is 0. The van der Waals surface area contributed by atoms with Gasteiger partial charge in [0.05, 0.1) is 12.6 Å². The second kappa shape index (κ2) is 3.22. The summed E-state index contributed by atoms with van der Waals surface area (Å²) in [5, 5.41) is 8.91. The van der Waals surface area contributed by atoms with E-state index < -0.39 is 0 Å². The Morgan fingerprint density at radius 1 is 1.73 bits per heavy atom. The lowest BCUT2D eigenvalue weighted by molar-refractivity contribution is -0.130. The molecule has 0 aromatic heterocycles. The van der Waals surface area contributed by atoms with Gasteiger partial charge in [-0.15, -0.1) is 0 Å². The Morgan fingerprint density at radius 3 is 2.73 bits per heavy atom. The van der Waals surface area contributed by atoms with Crippen LogP contribution >= 0.6 is 0 Å². The molecule has 0 unspecified atom stereocenters. The van der Waals surface area contributed by atoms with Gasteiger partial charge in [0, 0.05) is 13.5 Å². The number of hydrogen-bond acceptors (Lipinski definition) is 2. The Kier molecular flexibility index (Phi) is 2.49. The molecule has 0 spiro atoms. The Labute approximate surface area is 67.0 Å². The largest absolute Gasteiger partial charge is 0.394 e. The molecule has 0 aromatic carbocycles. The van der Waals surface area contributed by atoms with E-state index >= 15 is 0 Å². The van der Waals surface area contributed by atoms with Crippen molar-refractivity contribution < 1.29 is 9.90 Å². The minimum atomic E-state index is 0.0718. The fourth-order valence-corrected chi connectivity index (χ4v) is 1.71. The maximum atomic E-state index is 11.0. The van der Waals surface area contributed by atoms with Crippen molar-refractivity contribution in [2.24, 2.45) is 5.92 Å². The van der Waals surface area contributed by atoms with Crippen LogP contribution in [0.15, 0.2) is 0 Å². The first-order chi connectivity index (χ1) is 5.15. The standard InChI is InChI=1S/C8H15NO2/c1-6-3-8(5-10)9(4-6)7(2)11/h6,8,10H,3-5H2,1-2H3/t6-,8+/m0/s1. The molecule has 1 aliphatic rings. The number of hydrogen-bond donors (Lipinski definition) is 1. The molecule has 1 N–H and O–H groups in total. The quantitative estimate of drug-likeness (QED) is 0.592. The van der Waals surface area contributed by atoms with E-state index in [1.807, 2.05) is 0 Å². The Balaban J connectivity index is 2.57. The highest BCUT2D eigenvalue weighted by Crippen LogP contribution is 2.21. The number of nitrogens with zero attached hydrogens (tertiary/aromatic N) is 1. The third kappa shape index (κ3) is 1.71. The minimum absolute atomic E-state index is 0.0718. The summed E-state index contributed by atoms with van der Waals surface area (Å²) in [6, 6.07) is 0.0718. The van der Waals surface area contributed by atoms with Gasteiger partial charge >= 0.3 is 0 Å². The van der Waals surface area contributed by atoms with Gasteiger partial charge < -0.3 is 10.0 Å². The third-order valence-corrected chi connectivity index (χ3v) is 2.24. The summed E-state index contributed by atoms with van der Waals surface area (Å²) in [6.45, 7) is 4.57. The molecule has 0 bridgehead atoms. The van der Waals surface area contributed by atoms with Crippen molar-refractivity contribution in [3.8, 4) is 0 Å². The van der Waals surface area contributed by atoms with Gasteiger partial charge in [-0.2, -0.15) is 0 Å². The molecule has 1 amide bonds. The topological polar surface area (TPSA) is 40.5 Å². The Morgan fingerprint density at radius 2 is 2.36 bits per heavy atom. The van der Waals surface area contributed by atoms with Crippen molar-refractivity contribution >= 4 is 5.91 Å². The van der Waals surface area contributed by atoms with E-state index in [0.717, 1.165) is 13.0 Å². The van der Waals surface area contributed by atoms with E-state index in [4.69, 9.17) is 5.11 Å². The van der Waals surface area contributed by atoms with Crippen molar-refractivity contribution in [1.82, 2.24) is 4.90 Å². The van der Waals surface area contributed by atoms with Crippen molar-refractivity contribution in [3.63, 3.8) is 0 Å². The summed E-state index contributed by atoms with van der Waals surface area (Å²) in [5.74, 6) is 0.615. The van der Waals surface area contributed by atoms with Crippen molar-refractivity contribution in [1.29, 1.82) is 0 Å². The van der Waals surface area contributed by atoms with E-state index in [9.17, 15) is 4.79 Å². The van der Waals surface area contributed by atoms with Gasteiger partial charge in [0.25, 0.3) is 0 Å². The first kappa shape index (κ1) is 8.53. The van der Waals surface area contributed by atoms with Crippen molar-refractivity contribution in [3.05, 3.63) is 0 Å². The smallest absolute Gasteiger partial charge is 0.219 e. The van der Waals surface area contributed by atoms with Gasteiger partial charge in [-0.25, -0.2) is 0 Å². The van der Waals surface area contributed by atoms with Crippen LogP contribution in [-0.4, -0.2) is 35.1 Å². The summed E-state index contributed by atoms with van der Waals surface area (Å²) in [6.07, 6.45) is 0.941. The average molecular weight is 157 g/mol. The van der Waals surface area contributed by atoms with Gasteiger partial charge in [-0.05, 0) is 12.3 Å². The SMILES string of the molecule is CC(=O)N1C[C@@H](C)C[C@@H]1CO. The van der Waals surface area contributed by atoms with E-state index in [0.29, 0.717) is 5.92 Å². The van der Waals surface area contributed by atoms with Gasteiger partial charge in [-0.1, -0.05) is 6.92 Å². The monoisotopic (exact) mass is 157 g/mol. The predicted octanol–water partition coefficient (Wildman–Crippen LogP) is 0.236. The molecular weight excluding hydrogens is 142 g/mol. The lowest BCUT2D eigenvalue weighted by Gasteiger charge is -2.20. The van der Waals surface area contributed by atoms with E-state index in [-0.39, 0.29) is 18.6 Å². The van der Waals surface area contributed by atoms with E-state index in [1.54, 1.807) is 11.8 Å². The minimum Gasteiger partial charge on any atom is -0.394 e. The molecule has 0 saturated carbocycles. The number of carbonyl (C=O) groups is 1. The first-order valence-corrected chi connectivity index (χ1v) is 4.03. The first-order valence-electron chi connectivity index (χ1n) is 4.03. The number of likely N-dealkylation sites (tertiary alicyclic amines) is 1. The molecule has 64 valence electrons. The molecule has 1 fully saturated rings. The van der Waals surface area contributed by atoms with Crippen LogP contribution in [0.25, 0.3) is 0 Å². The number of rotatable bonds is 1. The van der Waals surface area contributed by atoms with Crippen LogP contribution in [-0.2, 0) is 4.79 Å². The highest BCUT2D eigenvalue weighted by Gasteiger charge is 2.30. The molecule has 0 radical (unpaired) electrons. The van der Waals surface area contributed by atoms with Gasteiger partial charge in [0.15, 0.2) is 0 Å². The molecule has 1 rings (SSSR count). The molecular formula is C8H15NO2. The summed E-state index contributed by atoms with van der Waals surface area (Å²) >= 11 is 0. The second-order valence-corrected chi connectivity index (χ2v) is 3.35. The van der Waals surface area contributed by atoms with Crippen LogP contribution in [0.5, 0.6) is 0 Å². The highest BCUT2D eigenvalue weighted by molar-refractivity contribution is 5.73. The average Bonchev–Trinajstić information content (AvgIpc) is 2.30. The van der Waals surface area contributed by atoms with E-state index in [1.165, 1.54) is 0 Å². The molecule has 3 nitrogen and oxygen atoms in total. The van der Waals surface area contributed by atoms with Crippen LogP contribution in [0.4, 0.5) is 0 Å². The molecule has 1 saturated heterocycles.